The van der Waals surface area contributed by atoms with Crippen molar-refractivity contribution < 1.29 is 0 Å². The summed E-state index contributed by atoms with van der Waals surface area (Å²) in [5.74, 6) is 3.92. The third kappa shape index (κ3) is 4.79. The highest BCUT2D eigenvalue weighted by molar-refractivity contribution is 5.61. The average Bonchev–Trinajstić information content (AvgIpc) is 3.59. The quantitative estimate of drug-likeness (QED) is 0.320. The predicted octanol–water partition coefficient (Wildman–Crippen LogP) is 3.97. The SMILES string of the molecule is Cc1cnn(-c2ccc(CN3C4CC3CN(c3ccc(-c5nc(C)cc(Nc6cc(C)[nH]n6)n5)cn3)C4)cn2)c1. The molecule has 0 spiro atoms. The molecule has 3 aliphatic rings. The number of nitrogens with one attached hydrogen (secondary N) is 2. The Morgan fingerprint density at radius 2 is 1.73 bits per heavy atom. The van der Waals surface area contributed by atoms with Crippen LogP contribution in [0.25, 0.3) is 17.2 Å². The number of pyridine rings is 2. The van der Waals surface area contributed by atoms with E-state index in [1.54, 1.807) is 0 Å². The number of fused-ring (bicyclic) bond motifs is 2. The van der Waals surface area contributed by atoms with Crippen molar-refractivity contribution in [3.05, 3.63) is 83.7 Å². The van der Waals surface area contributed by atoms with E-state index in [0.29, 0.717) is 23.7 Å². The minimum atomic E-state index is 0.521. The number of nitrogens with zero attached hydrogens (tertiary/aromatic N) is 9. The van der Waals surface area contributed by atoms with Gasteiger partial charge in [-0.2, -0.15) is 10.2 Å². The Morgan fingerprint density at radius 3 is 2.40 bits per heavy atom. The smallest absolute Gasteiger partial charge is 0.163 e. The molecule has 0 radical (unpaired) electrons. The normalized spacial score (nSPS) is 18.5. The van der Waals surface area contributed by atoms with Crippen molar-refractivity contribution in [3.63, 3.8) is 0 Å². The molecule has 8 rings (SSSR count). The van der Waals surface area contributed by atoms with Crippen LogP contribution >= 0.6 is 0 Å². The van der Waals surface area contributed by atoms with Crippen molar-refractivity contribution in [3.8, 4) is 17.2 Å². The monoisotopic (exact) mass is 533 g/mol. The molecule has 202 valence electrons. The van der Waals surface area contributed by atoms with Crippen LogP contribution in [0, 0.1) is 20.8 Å². The van der Waals surface area contributed by atoms with E-state index >= 15 is 0 Å². The number of H-pyrrole nitrogens is 1. The Bertz CT molecular complexity index is 1630. The Balaban J connectivity index is 0.991. The molecule has 11 heteroatoms. The van der Waals surface area contributed by atoms with Crippen molar-refractivity contribution in [2.24, 2.45) is 0 Å². The lowest BCUT2D eigenvalue weighted by molar-refractivity contribution is -0.00875. The minimum absolute atomic E-state index is 0.521. The summed E-state index contributed by atoms with van der Waals surface area (Å²) in [4.78, 5) is 23.8. The first-order chi connectivity index (χ1) is 19.5. The molecule has 0 amide bonds. The zero-order valence-corrected chi connectivity index (χ0v) is 22.8. The molecular formula is C29H31N11. The number of hydrogen-bond donors (Lipinski definition) is 2. The zero-order chi connectivity index (χ0) is 27.2. The molecule has 3 fully saturated rings. The van der Waals surface area contributed by atoms with Crippen molar-refractivity contribution in [1.29, 1.82) is 0 Å². The Hall–Kier alpha value is -4.64. The zero-order valence-electron chi connectivity index (χ0n) is 22.8. The summed E-state index contributed by atoms with van der Waals surface area (Å²) in [5.41, 5.74) is 5.10. The molecule has 40 heavy (non-hydrogen) atoms. The molecule has 2 N–H and O–H groups in total. The van der Waals surface area contributed by atoms with E-state index in [0.717, 1.165) is 59.6 Å². The maximum Gasteiger partial charge on any atom is 0.163 e. The fraction of sp³-hybridized carbons (Fsp3) is 0.310. The standard InChI is InChI=1S/C29H31N11/c1-18-11-32-40(14-18)28-6-4-21(12-30-28)15-39-23-10-24(39)17-38(16-23)27-7-5-22(13-31-27)29-33-19(2)8-25(35-29)34-26-9-20(3)36-37-26/h4-9,11-14,23-24H,10,15-17H2,1-3H3,(H2,33,34,35,36,37). The third-order valence-electron chi connectivity index (χ3n) is 7.61. The number of hydrogen-bond acceptors (Lipinski definition) is 9. The fourth-order valence-corrected chi connectivity index (χ4v) is 5.61. The average molecular weight is 534 g/mol. The van der Waals surface area contributed by atoms with Gasteiger partial charge in [0.25, 0.3) is 0 Å². The first-order valence-corrected chi connectivity index (χ1v) is 13.6. The lowest BCUT2D eigenvalue weighted by Gasteiger charge is -2.56. The summed E-state index contributed by atoms with van der Waals surface area (Å²) in [6.45, 7) is 8.82. The van der Waals surface area contributed by atoms with E-state index in [4.69, 9.17) is 9.97 Å². The molecule has 11 nitrogen and oxygen atoms in total. The van der Waals surface area contributed by atoms with E-state index in [1.165, 1.54) is 12.0 Å². The molecule has 5 aromatic heterocycles. The van der Waals surface area contributed by atoms with E-state index < -0.39 is 0 Å². The number of piperazine rings is 1. The second-order valence-electron chi connectivity index (χ2n) is 10.8. The van der Waals surface area contributed by atoms with Crippen LogP contribution in [0.5, 0.6) is 0 Å². The summed E-state index contributed by atoms with van der Waals surface area (Å²) in [6.07, 6.45) is 8.92. The van der Waals surface area contributed by atoms with Crippen LogP contribution in [0.3, 0.4) is 0 Å². The number of rotatable bonds is 7. The molecule has 0 aliphatic carbocycles. The molecule has 8 heterocycles. The maximum absolute atomic E-state index is 4.80. The lowest BCUT2D eigenvalue weighted by Crippen LogP contribution is -2.68. The van der Waals surface area contributed by atoms with Gasteiger partial charge in [-0.15, -0.1) is 0 Å². The third-order valence-corrected chi connectivity index (χ3v) is 7.61. The van der Waals surface area contributed by atoms with Crippen LogP contribution in [-0.4, -0.2) is 70.0 Å². The summed E-state index contributed by atoms with van der Waals surface area (Å²) in [5, 5.41) is 14.8. The van der Waals surface area contributed by atoms with Crippen molar-refractivity contribution in [1.82, 2.24) is 44.8 Å². The molecule has 3 saturated heterocycles. The van der Waals surface area contributed by atoms with E-state index in [2.05, 4.69) is 58.6 Å². The van der Waals surface area contributed by atoms with Crippen LogP contribution < -0.4 is 10.2 Å². The van der Waals surface area contributed by atoms with Gasteiger partial charge in [-0.3, -0.25) is 10.00 Å². The summed E-state index contributed by atoms with van der Waals surface area (Å²) >= 11 is 0. The Labute approximate surface area is 232 Å². The largest absolute Gasteiger partial charge is 0.353 e. The molecular weight excluding hydrogens is 502 g/mol. The molecule has 3 aliphatic heterocycles. The van der Waals surface area contributed by atoms with Gasteiger partial charge < -0.3 is 10.2 Å². The van der Waals surface area contributed by atoms with Crippen LogP contribution in [-0.2, 0) is 6.54 Å². The van der Waals surface area contributed by atoms with Crippen LogP contribution in [0.2, 0.25) is 0 Å². The van der Waals surface area contributed by atoms with Crippen LogP contribution in [0.1, 0.15) is 28.9 Å². The van der Waals surface area contributed by atoms with E-state index in [1.807, 2.05) is 68.4 Å². The Kier molecular flexibility index (Phi) is 6.00. The molecule has 2 atom stereocenters. The first-order valence-electron chi connectivity index (χ1n) is 13.6. The summed E-state index contributed by atoms with van der Waals surface area (Å²) in [7, 11) is 0. The van der Waals surface area contributed by atoms with Crippen LogP contribution in [0.4, 0.5) is 17.5 Å². The lowest BCUT2D eigenvalue weighted by atomic mass is 9.87. The van der Waals surface area contributed by atoms with Gasteiger partial charge in [0.1, 0.15) is 11.6 Å². The topological polar surface area (TPSA) is 117 Å². The second kappa shape index (κ2) is 9.83. The maximum atomic E-state index is 4.80. The summed E-state index contributed by atoms with van der Waals surface area (Å²) in [6, 6.07) is 13.2. The number of aromatic amines is 1. The van der Waals surface area contributed by atoms with Crippen LogP contribution in [0.15, 0.2) is 61.2 Å². The van der Waals surface area contributed by atoms with Gasteiger partial charge in [0, 0.05) is 79.4 Å². The highest BCUT2D eigenvalue weighted by Crippen LogP contribution is 2.35. The number of aromatic nitrogens is 8. The summed E-state index contributed by atoms with van der Waals surface area (Å²) < 4.78 is 1.82. The number of anilines is 3. The molecule has 2 bridgehead atoms. The van der Waals surface area contributed by atoms with Gasteiger partial charge in [-0.1, -0.05) is 6.07 Å². The molecule has 0 saturated carbocycles. The van der Waals surface area contributed by atoms with E-state index in [-0.39, 0.29) is 0 Å². The van der Waals surface area contributed by atoms with Crippen molar-refractivity contribution in [2.45, 2.75) is 45.8 Å². The van der Waals surface area contributed by atoms with Crippen molar-refractivity contribution >= 4 is 17.5 Å². The first kappa shape index (κ1) is 24.4. The number of aryl methyl sites for hydroxylation is 3. The second-order valence-corrected chi connectivity index (χ2v) is 10.8. The molecule has 5 aromatic rings. The highest BCUT2D eigenvalue weighted by Gasteiger charge is 2.44. The Morgan fingerprint density at radius 1 is 0.900 bits per heavy atom. The van der Waals surface area contributed by atoms with Gasteiger partial charge in [0.15, 0.2) is 17.5 Å². The van der Waals surface area contributed by atoms with Gasteiger partial charge in [0.05, 0.1) is 6.20 Å². The van der Waals surface area contributed by atoms with Crippen molar-refractivity contribution in [2.75, 3.05) is 23.3 Å². The number of piperidine rings is 1. The highest BCUT2D eigenvalue weighted by atomic mass is 15.4. The molecule has 2 unspecified atom stereocenters. The van der Waals surface area contributed by atoms with Gasteiger partial charge >= 0.3 is 0 Å². The van der Waals surface area contributed by atoms with Gasteiger partial charge in [-0.25, -0.2) is 24.6 Å². The van der Waals surface area contributed by atoms with E-state index in [9.17, 15) is 0 Å². The fourth-order valence-electron chi connectivity index (χ4n) is 5.61. The molecule has 0 aromatic carbocycles. The minimum Gasteiger partial charge on any atom is -0.353 e. The van der Waals surface area contributed by atoms with Gasteiger partial charge in [-0.05, 0) is 56.5 Å². The van der Waals surface area contributed by atoms with Gasteiger partial charge in [0.2, 0.25) is 0 Å². The predicted molar refractivity (Wildman–Crippen MR) is 153 cm³/mol.